The highest BCUT2D eigenvalue weighted by Gasteiger charge is 2.10. The number of thioether (sulfide) groups is 2. The molecule has 0 radical (unpaired) electrons. The summed E-state index contributed by atoms with van der Waals surface area (Å²) >= 11 is 10.3. The Balaban J connectivity index is 1.01. The first kappa shape index (κ1) is 40.5. The van der Waals surface area contributed by atoms with E-state index in [2.05, 4.69) is 88.7 Å². The third-order valence-electron chi connectivity index (χ3n) is 8.54. The number of benzene rings is 7. The Morgan fingerprint density at radius 3 is 1.22 bits per heavy atom. The van der Waals surface area contributed by atoms with Crippen LogP contribution < -0.4 is 0 Å². The third-order valence-corrected chi connectivity index (χ3v) is 11.8. The number of rotatable bonds is 14. The summed E-state index contributed by atoms with van der Waals surface area (Å²) in [5.74, 6) is 1.71. The Kier molecular flexibility index (Phi) is 14.1. The number of aliphatic imine (C=N–C) groups is 2. The second kappa shape index (κ2) is 20.2. The highest BCUT2D eigenvalue weighted by atomic mass is 79.9. The van der Waals surface area contributed by atoms with Crippen molar-refractivity contribution in [2.45, 2.75) is 21.3 Å². The fourth-order valence-electron chi connectivity index (χ4n) is 5.46. The van der Waals surface area contributed by atoms with Gasteiger partial charge in [-0.2, -0.15) is 20.5 Å². The molecule has 0 aliphatic carbocycles. The quantitative estimate of drug-likeness (QED) is 0.0642. The van der Waals surface area contributed by atoms with Crippen molar-refractivity contribution in [3.05, 3.63) is 189 Å². The molecule has 0 atom stereocenters. The first-order valence-electron chi connectivity index (χ1n) is 18.0. The Bertz CT molecular complexity index is 2450. The predicted molar refractivity (Wildman–Crippen MR) is 246 cm³/mol. The number of azo groups is 2. The second-order valence-electron chi connectivity index (χ2n) is 12.6. The van der Waals surface area contributed by atoms with Crippen LogP contribution in [0.2, 0.25) is 0 Å². The van der Waals surface area contributed by atoms with Crippen LogP contribution >= 0.6 is 55.4 Å². The minimum Gasteiger partial charge on any atom is -0.507 e. The SMILES string of the molecule is Oc1ccc(N=Nc2ccc(Br)cc2)cc1C=Nc1ccccc1SCc1ccccc1CSc1ccccc1N=Cc1cc(N=Nc2ccc(Br)cc2)ccc1O. The van der Waals surface area contributed by atoms with Crippen LogP contribution in [0.5, 0.6) is 11.5 Å². The van der Waals surface area contributed by atoms with Crippen LogP contribution in [-0.2, 0) is 11.5 Å². The van der Waals surface area contributed by atoms with E-state index < -0.39 is 0 Å². The van der Waals surface area contributed by atoms with Gasteiger partial charge in [-0.15, -0.1) is 23.5 Å². The van der Waals surface area contributed by atoms with Crippen molar-refractivity contribution in [1.29, 1.82) is 0 Å². The molecule has 7 aromatic carbocycles. The van der Waals surface area contributed by atoms with E-state index >= 15 is 0 Å². The first-order valence-corrected chi connectivity index (χ1v) is 21.5. The number of aromatic hydroxyl groups is 2. The van der Waals surface area contributed by atoms with Gasteiger partial charge in [0.15, 0.2) is 0 Å². The van der Waals surface area contributed by atoms with Gasteiger partial charge >= 0.3 is 0 Å². The maximum atomic E-state index is 10.6. The van der Waals surface area contributed by atoms with Crippen LogP contribution in [0.4, 0.5) is 34.1 Å². The van der Waals surface area contributed by atoms with Gasteiger partial charge in [0.25, 0.3) is 0 Å². The van der Waals surface area contributed by atoms with E-state index in [-0.39, 0.29) is 11.5 Å². The van der Waals surface area contributed by atoms with E-state index in [0.29, 0.717) is 22.5 Å². The van der Waals surface area contributed by atoms with Crippen molar-refractivity contribution in [2.24, 2.45) is 30.4 Å². The molecular weight excluding hydrogens is 892 g/mol. The summed E-state index contributed by atoms with van der Waals surface area (Å²) in [5, 5.41) is 38.5. The van der Waals surface area contributed by atoms with E-state index in [1.807, 2.05) is 84.9 Å². The molecule has 0 aliphatic heterocycles. The van der Waals surface area contributed by atoms with Crippen molar-refractivity contribution in [3.8, 4) is 11.5 Å². The fraction of sp³-hybridized carbons (Fsp3) is 0.0435. The van der Waals surface area contributed by atoms with Gasteiger partial charge in [0.05, 0.1) is 34.1 Å². The number of phenols is 2. The molecular formula is C46H34Br2N6O2S2. The zero-order valence-corrected chi connectivity index (χ0v) is 35.5. The molecule has 0 fully saturated rings. The largest absolute Gasteiger partial charge is 0.507 e. The molecule has 0 bridgehead atoms. The van der Waals surface area contributed by atoms with Gasteiger partial charge in [-0.25, -0.2) is 0 Å². The lowest BCUT2D eigenvalue weighted by molar-refractivity contribution is 0.474. The fourth-order valence-corrected chi connectivity index (χ4v) is 8.06. The zero-order valence-electron chi connectivity index (χ0n) is 30.7. The second-order valence-corrected chi connectivity index (χ2v) is 16.5. The zero-order chi connectivity index (χ0) is 40.1. The number of phenolic OH excluding ortho intramolecular Hbond substituents is 2. The molecule has 0 heterocycles. The van der Waals surface area contributed by atoms with Crippen molar-refractivity contribution < 1.29 is 10.2 Å². The number of halogens is 2. The van der Waals surface area contributed by atoms with Crippen LogP contribution in [0.1, 0.15) is 22.3 Å². The lowest BCUT2D eigenvalue weighted by Gasteiger charge is -2.11. The molecule has 58 heavy (non-hydrogen) atoms. The number of para-hydroxylation sites is 2. The van der Waals surface area contributed by atoms with Crippen molar-refractivity contribution in [1.82, 2.24) is 0 Å². The molecule has 8 nitrogen and oxygen atoms in total. The Hall–Kier alpha value is -5.66. The van der Waals surface area contributed by atoms with Gasteiger partial charge in [0.1, 0.15) is 11.5 Å². The maximum Gasteiger partial charge on any atom is 0.124 e. The number of hydrogen-bond acceptors (Lipinski definition) is 10. The van der Waals surface area contributed by atoms with Gasteiger partial charge in [-0.3, -0.25) is 9.98 Å². The van der Waals surface area contributed by atoms with Crippen LogP contribution in [0, 0.1) is 0 Å². The molecule has 0 aromatic heterocycles. The molecule has 0 saturated carbocycles. The molecule has 0 amide bonds. The van der Waals surface area contributed by atoms with Crippen molar-refractivity contribution in [3.63, 3.8) is 0 Å². The van der Waals surface area contributed by atoms with Gasteiger partial charge < -0.3 is 10.2 Å². The highest BCUT2D eigenvalue weighted by molar-refractivity contribution is 9.10. The van der Waals surface area contributed by atoms with Crippen molar-refractivity contribution in [2.75, 3.05) is 0 Å². The van der Waals surface area contributed by atoms with Crippen LogP contribution in [-0.4, -0.2) is 22.6 Å². The standard InChI is InChI=1S/C46H34Br2N6O2S2/c47-35-13-17-37(18-14-35)51-53-39-21-23-43(55)33(25-39)27-49-41-9-3-5-11-45(41)57-29-31-7-1-2-8-32(31)30-58-46-12-6-4-10-42(46)50-28-34-26-40(22-24-44(34)56)54-52-38-19-15-36(48)16-20-38/h1-28,55-56H,29-30H2. The summed E-state index contributed by atoms with van der Waals surface area (Å²) < 4.78 is 1.94. The average Bonchev–Trinajstić information content (AvgIpc) is 3.25. The summed E-state index contributed by atoms with van der Waals surface area (Å²) in [6.07, 6.45) is 3.32. The van der Waals surface area contributed by atoms with E-state index in [1.54, 1.807) is 72.4 Å². The summed E-state index contributed by atoms with van der Waals surface area (Å²) in [5.41, 5.74) is 7.81. The monoisotopic (exact) mass is 924 g/mol. The van der Waals surface area contributed by atoms with Gasteiger partial charge in [0.2, 0.25) is 0 Å². The first-order chi connectivity index (χ1) is 28.4. The van der Waals surface area contributed by atoms with E-state index in [0.717, 1.165) is 53.0 Å². The minimum absolute atomic E-state index is 0.109. The molecule has 0 aliphatic rings. The van der Waals surface area contributed by atoms with Gasteiger partial charge in [-0.05, 0) is 120 Å². The topological polar surface area (TPSA) is 115 Å². The molecule has 286 valence electrons. The number of hydrogen-bond donors (Lipinski definition) is 2. The summed E-state index contributed by atoms with van der Waals surface area (Å²) in [6.45, 7) is 0. The van der Waals surface area contributed by atoms with Crippen LogP contribution in [0.3, 0.4) is 0 Å². The Morgan fingerprint density at radius 1 is 0.431 bits per heavy atom. The predicted octanol–water partition coefficient (Wildman–Crippen LogP) is 15.5. The highest BCUT2D eigenvalue weighted by Crippen LogP contribution is 2.37. The van der Waals surface area contributed by atoms with E-state index in [4.69, 9.17) is 9.98 Å². The molecule has 12 heteroatoms. The molecule has 7 aromatic rings. The summed E-state index contributed by atoms with van der Waals surface area (Å²) in [7, 11) is 0. The molecule has 7 rings (SSSR count). The Morgan fingerprint density at radius 2 is 0.793 bits per heavy atom. The summed E-state index contributed by atoms with van der Waals surface area (Å²) in [6, 6.07) is 49.7. The lowest BCUT2D eigenvalue weighted by Crippen LogP contribution is -1.91. The third kappa shape index (κ3) is 11.5. The molecule has 0 unspecified atom stereocenters. The molecule has 2 N–H and O–H groups in total. The summed E-state index contributed by atoms with van der Waals surface area (Å²) in [4.78, 5) is 11.6. The Labute approximate surface area is 361 Å². The number of nitrogens with zero attached hydrogens (tertiary/aromatic N) is 6. The lowest BCUT2D eigenvalue weighted by atomic mass is 10.1. The molecule has 0 saturated heterocycles. The molecule has 0 spiro atoms. The van der Waals surface area contributed by atoms with Crippen LogP contribution in [0.15, 0.2) is 207 Å². The smallest absolute Gasteiger partial charge is 0.124 e. The van der Waals surface area contributed by atoms with Gasteiger partial charge in [-0.1, -0.05) is 80.4 Å². The van der Waals surface area contributed by atoms with Crippen molar-refractivity contribution >= 4 is 102 Å². The maximum absolute atomic E-state index is 10.6. The van der Waals surface area contributed by atoms with E-state index in [9.17, 15) is 10.2 Å². The average molecular weight is 927 g/mol. The minimum atomic E-state index is 0.109. The van der Waals surface area contributed by atoms with E-state index in [1.165, 1.54) is 11.1 Å². The normalized spacial score (nSPS) is 11.8. The van der Waals surface area contributed by atoms with Crippen LogP contribution in [0.25, 0.3) is 0 Å². The van der Waals surface area contributed by atoms with Gasteiger partial charge in [0, 0.05) is 53.8 Å².